The Bertz CT molecular complexity index is 304. The van der Waals surface area contributed by atoms with Gasteiger partial charge in [0.2, 0.25) is 0 Å². The van der Waals surface area contributed by atoms with Crippen molar-refractivity contribution in [3.05, 3.63) is 0 Å². The van der Waals surface area contributed by atoms with Crippen LogP contribution in [0.25, 0.3) is 0 Å². The third kappa shape index (κ3) is 2.67. The molecule has 0 bridgehead atoms. The van der Waals surface area contributed by atoms with Crippen LogP contribution >= 0.6 is 0 Å². The largest absolute Gasteiger partial charge is 0.0620 e. The minimum absolute atomic E-state index is 0.876. The fourth-order valence-corrected chi connectivity index (χ4v) is 6.63. The molecule has 2 aliphatic rings. The van der Waals surface area contributed by atoms with E-state index in [1.165, 1.54) is 0 Å². The van der Waals surface area contributed by atoms with Gasteiger partial charge in [-0.1, -0.05) is 69.2 Å². The molecule has 0 aromatic rings. The van der Waals surface area contributed by atoms with Crippen molar-refractivity contribution in [1.82, 2.24) is 0 Å². The molecule has 8 unspecified atom stereocenters. The molecule has 0 heterocycles. The zero-order valence-electron chi connectivity index (χ0n) is 16.9. The van der Waals surface area contributed by atoms with Gasteiger partial charge >= 0.3 is 0 Å². The summed E-state index contributed by atoms with van der Waals surface area (Å²) in [5.74, 6) is 10.6. The van der Waals surface area contributed by atoms with Gasteiger partial charge in [-0.05, 0) is 71.0 Å². The minimum atomic E-state index is 0.876. The molecule has 2 aliphatic carbocycles. The molecular formula is C22H42. The number of rotatable bonds is 1. The number of hydrogen-bond acceptors (Lipinski definition) is 0. The predicted molar refractivity (Wildman–Crippen MR) is 98.6 cm³/mol. The van der Waals surface area contributed by atoms with Gasteiger partial charge in [-0.15, -0.1) is 0 Å². The minimum Gasteiger partial charge on any atom is -0.0620 e. The summed E-state index contributed by atoms with van der Waals surface area (Å²) in [5, 5.41) is 0. The highest BCUT2D eigenvalue weighted by Crippen LogP contribution is 2.56. The van der Waals surface area contributed by atoms with Crippen LogP contribution in [-0.2, 0) is 0 Å². The standard InChI is InChI=1S/C22H42/c1-11-13(3)17(7)21(18(8)14(11)4)22-19(9)15(5)12(2)16(6)20(22)10/h11-22H,1-10H3. The molecule has 22 heavy (non-hydrogen) atoms. The third-order valence-corrected chi connectivity index (χ3v) is 9.51. The second kappa shape index (κ2) is 6.48. The fraction of sp³-hybridized carbons (Fsp3) is 1.00. The summed E-state index contributed by atoms with van der Waals surface area (Å²) in [6, 6.07) is 0. The van der Waals surface area contributed by atoms with E-state index in [1.54, 1.807) is 0 Å². The molecule has 0 amide bonds. The average Bonchev–Trinajstić information content (AvgIpc) is 2.50. The zero-order valence-corrected chi connectivity index (χ0v) is 16.9. The van der Waals surface area contributed by atoms with E-state index in [1.807, 2.05) is 0 Å². The summed E-state index contributed by atoms with van der Waals surface area (Å²) in [4.78, 5) is 0. The lowest BCUT2D eigenvalue weighted by Crippen LogP contribution is -2.52. The second-order valence-corrected chi connectivity index (χ2v) is 9.75. The van der Waals surface area contributed by atoms with Crippen LogP contribution in [0.4, 0.5) is 0 Å². The molecule has 0 aliphatic heterocycles. The summed E-state index contributed by atoms with van der Waals surface area (Å²) < 4.78 is 0. The molecule has 2 fully saturated rings. The van der Waals surface area contributed by atoms with E-state index in [-0.39, 0.29) is 0 Å². The van der Waals surface area contributed by atoms with Crippen molar-refractivity contribution in [3.8, 4) is 0 Å². The first-order valence-corrected chi connectivity index (χ1v) is 10.1. The molecule has 0 aromatic carbocycles. The first-order chi connectivity index (χ1) is 10.1. The van der Waals surface area contributed by atoms with E-state index in [2.05, 4.69) is 69.2 Å². The summed E-state index contributed by atoms with van der Waals surface area (Å²) in [6.45, 7) is 25.4. The molecule has 0 radical (unpaired) electrons. The molecule has 130 valence electrons. The first kappa shape index (κ1) is 18.3. The zero-order chi connectivity index (χ0) is 16.9. The lowest BCUT2D eigenvalue weighted by Gasteiger charge is -2.57. The highest BCUT2D eigenvalue weighted by atomic mass is 14.6. The molecule has 2 saturated carbocycles. The van der Waals surface area contributed by atoms with Crippen molar-refractivity contribution >= 4 is 0 Å². The predicted octanol–water partition coefficient (Wildman–Crippen LogP) is 6.61. The Morgan fingerprint density at radius 3 is 0.545 bits per heavy atom. The van der Waals surface area contributed by atoms with Crippen LogP contribution in [0.3, 0.4) is 0 Å². The Hall–Kier alpha value is 0. The van der Waals surface area contributed by atoms with E-state index < -0.39 is 0 Å². The molecule has 0 N–H and O–H groups in total. The second-order valence-electron chi connectivity index (χ2n) is 9.75. The van der Waals surface area contributed by atoms with Gasteiger partial charge in [-0.2, -0.15) is 0 Å². The van der Waals surface area contributed by atoms with E-state index in [0.29, 0.717) is 0 Å². The maximum Gasteiger partial charge on any atom is -0.0324 e. The summed E-state index contributed by atoms with van der Waals surface area (Å²) in [6.07, 6.45) is 0. The monoisotopic (exact) mass is 306 g/mol. The van der Waals surface area contributed by atoms with Crippen LogP contribution < -0.4 is 0 Å². The molecule has 8 atom stereocenters. The lowest BCUT2D eigenvalue weighted by molar-refractivity contribution is -0.0910. The molecule has 0 spiro atoms. The highest BCUT2D eigenvalue weighted by Gasteiger charge is 2.51. The maximum atomic E-state index is 2.57. The van der Waals surface area contributed by atoms with Gasteiger partial charge in [0.05, 0.1) is 0 Å². The van der Waals surface area contributed by atoms with Crippen LogP contribution in [-0.4, -0.2) is 0 Å². The van der Waals surface area contributed by atoms with Crippen molar-refractivity contribution < 1.29 is 0 Å². The summed E-state index contributed by atoms with van der Waals surface area (Å²) in [5.41, 5.74) is 0. The number of hydrogen-bond donors (Lipinski definition) is 0. The molecule has 2 rings (SSSR count). The Kier molecular flexibility index (Phi) is 5.40. The van der Waals surface area contributed by atoms with Crippen LogP contribution in [0.2, 0.25) is 0 Å². The Labute approximate surface area is 140 Å². The van der Waals surface area contributed by atoms with Gasteiger partial charge in [-0.25, -0.2) is 0 Å². The Morgan fingerprint density at radius 1 is 0.227 bits per heavy atom. The van der Waals surface area contributed by atoms with Crippen molar-refractivity contribution in [2.24, 2.45) is 71.0 Å². The quantitative estimate of drug-likeness (QED) is 0.511. The Morgan fingerprint density at radius 2 is 0.364 bits per heavy atom. The van der Waals surface area contributed by atoms with E-state index in [4.69, 9.17) is 0 Å². The molecule has 0 heteroatoms. The van der Waals surface area contributed by atoms with Crippen LogP contribution in [0.1, 0.15) is 69.2 Å². The first-order valence-electron chi connectivity index (χ1n) is 10.1. The smallest absolute Gasteiger partial charge is 0.0324 e. The van der Waals surface area contributed by atoms with Crippen LogP contribution in [0.15, 0.2) is 0 Å². The van der Waals surface area contributed by atoms with Crippen molar-refractivity contribution in [1.29, 1.82) is 0 Å². The van der Waals surface area contributed by atoms with Crippen LogP contribution in [0, 0.1) is 71.0 Å². The fourth-order valence-electron chi connectivity index (χ4n) is 6.63. The van der Waals surface area contributed by atoms with E-state index in [9.17, 15) is 0 Å². The van der Waals surface area contributed by atoms with Crippen molar-refractivity contribution in [2.75, 3.05) is 0 Å². The average molecular weight is 307 g/mol. The van der Waals surface area contributed by atoms with Gasteiger partial charge in [-0.3, -0.25) is 0 Å². The summed E-state index contributed by atoms with van der Waals surface area (Å²) >= 11 is 0. The molecule has 0 saturated heterocycles. The lowest BCUT2D eigenvalue weighted by atomic mass is 9.48. The molecule has 0 nitrogen and oxygen atoms in total. The SMILES string of the molecule is CC1C(C)C(C)C(C2C(C)C(C)C(C)C(C)C2C)C(C)C1C. The van der Waals surface area contributed by atoms with E-state index >= 15 is 0 Å². The topological polar surface area (TPSA) is 0 Å². The van der Waals surface area contributed by atoms with Gasteiger partial charge in [0.15, 0.2) is 0 Å². The van der Waals surface area contributed by atoms with Crippen LogP contribution in [0.5, 0.6) is 0 Å². The highest BCUT2D eigenvalue weighted by molar-refractivity contribution is 4.99. The maximum absolute atomic E-state index is 2.57. The van der Waals surface area contributed by atoms with Gasteiger partial charge in [0, 0.05) is 0 Å². The van der Waals surface area contributed by atoms with Gasteiger partial charge < -0.3 is 0 Å². The Balaban J connectivity index is 2.35. The third-order valence-electron chi connectivity index (χ3n) is 9.51. The molecular weight excluding hydrogens is 264 g/mol. The summed E-state index contributed by atoms with van der Waals surface area (Å²) in [7, 11) is 0. The van der Waals surface area contributed by atoms with Crippen molar-refractivity contribution in [3.63, 3.8) is 0 Å². The molecule has 0 aromatic heterocycles. The van der Waals surface area contributed by atoms with E-state index in [0.717, 1.165) is 71.0 Å². The van der Waals surface area contributed by atoms with Gasteiger partial charge in [0.1, 0.15) is 0 Å². The van der Waals surface area contributed by atoms with Gasteiger partial charge in [0.25, 0.3) is 0 Å². The normalized spacial score (nSPS) is 60.3. The van der Waals surface area contributed by atoms with Crippen molar-refractivity contribution in [2.45, 2.75) is 69.2 Å².